The van der Waals surface area contributed by atoms with Crippen LogP contribution in [0.15, 0.2) is 48.7 Å². The van der Waals surface area contributed by atoms with Crippen LogP contribution in [-0.2, 0) is 6.54 Å². The second-order valence-electron chi connectivity index (χ2n) is 5.14. The summed E-state index contributed by atoms with van der Waals surface area (Å²) in [5.74, 6) is 0.617. The number of thiazole rings is 1. The summed E-state index contributed by atoms with van der Waals surface area (Å²) in [7, 11) is 1.62. The Bertz CT molecular complexity index is 846. The largest absolute Gasteiger partial charge is 0.496 e. The standard InChI is InChI=1S/C18H17N3O2S/c1-12-16(24-18(21-12)14-8-5-6-10-19-14)17(22)20-11-13-7-3-4-9-15(13)23-2/h3-10H,11H2,1-2H3,(H,20,22). The van der Waals surface area contributed by atoms with E-state index < -0.39 is 0 Å². The van der Waals surface area contributed by atoms with Crippen molar-refractivity contribution in [3.63, 3.8) is 0 Å². The average molecular weight is 339 g/mol. The van der Waals surface area contributed by atoms with Gasteiger partial charge in [0, 0.05) is 18.3 Å². The van der Waals surface area contributed by atoms with E-state index in [-0.39, 0.29) is 5.91 Å². The van der Waals surface area contributed by atoms with Gasteiger partial charge < -0.3 is 10.1 Å². The lowest BCUT2D eigenvalue weighted by Gasteiger charge is -2.09. The number of carbonyl (C=O) groups is 1. The molecule has 2 heterocycles. The summed E-state index contributed by atoms with van der Waals surface area (Å²) in [4.78, 5) is 21.8. The Morgan fingerprint density at radius 3 is 2.75 bits per heavy atom. The molecule has 0 aliphatic rings. The van der Waals surface area contributed by atoms with Crippen LogP contribution in [0.5, 0.6) is 5.75 Å². The average Bonchev–Trinajstić information content (AvgIpc) is 3.02. The van der Waals surface area contributed by atoms with Gasteiger partial charge in [-0.2, -0.15) is 0 Å². The number of ether oxygens (including phenoxy) is 1. The normalized spacial score (nSPS) is 10.4. The molecule has 0 spiro atoms. The number of amides is 1. The molecule has 0 radical (unpaired) electrons. The highest BCUT2D eigenvalue weighted by Crippen LogP contribution is 2.26. The van der Waals surface area contributed by atoms with Crippen molar-refractivity contribution < 1.29 is 9.53 Å². The molecule has 0 saturated carbocycles. The van der Waals surface area contributed by atoms with E-state index in [1.165, 1.54) is 11.3 Å². The van der Waals surface area contributed by atoms with Crippen molar-refractivity contribution in [1.82, 2.24) is 15.3 Å². The first-order valence-electron chi connectivity index (χ1n) is 7.48. The van der Waals surface area contributed by atoms with Gasteiger partial charge in [0.15, 0.2) is 0 Å². The molecule has 0 unspecified atom stereocenters. The molecule has 122 valence electrons. The third-order valence-corrected chi connectivity index (χ3v) is 4.70. The fourth-order valence-corrected chi connectivity index (χ4v) is 3.27. The van der Waals surface area contributed by atoms with Crippen LogP contribution in [-0.4, -0.2) is 23.0 Å². The molecule has 2 aromatic heterocycles. The maximum absolute atomic E-state index is 12.5. The molecule has 3 rings (SSSR count). The van der Waals surface area contributed by atoms with Gasteiger partial charge in [-0.25, -0.2) is 4.98 Å². The second kappa shape index (κ2) is 7.23. The highest BCUT2D eigenvalue weighted by atomic mass is 32.1. The number of para-hydroxylation sites is 1. The summed E-state index contributed by atoms with van der Waals surface area (Å²) < 4.78 is 5.30. The van der Waals surface area contributed by atoms with Crippen LogP contribution in [0.2, 0.25) is 0 Å². The minimum absolute atomic E-state index is 0.141. The third kappa shape index (κ3) is 3.44. The van der Waals surface area contributed by atoms with E-state index in [0.29, 0.717) is 17.1 Å². The molecule has 24 heavy (non-hydrogen) atoms. The second-order valence-corrected chi connectivity index (χ2v) is 6.14. The molecule has 1 aromatic carbocycles. The Hall–Kier alpha value is -2.73. The number of carbonyl (C=O) groups excluding carboxylic acids is 1. The van der Waals surface area contributed by atoms with Crippen molar-refractivity contribution >= 4 is 17.2 Å². The lowest BCUT2D eigenvalue weighted by molar-refractivity contribution is 0.0954. The number of pyridine rings is 1. The number of methoxy groups -OCH3 is 1. The molecule has 0 fully saturated rings. The first-order valence-corrected chi connectivity index (χ1v) is 8.29. The van der Waals surface area contributed by atoms with E-state index in [0.717, 1.165) is 22.0 Å². The molecule has 5 nitrogen and oxygen atoms in total. The Labute approximate surface area is 144 Å². The monoisotopic (exact) mass is 339 g/mol. The van der Waals surface area contributed by atoms with Crippen molar-refractivity contribution in [3.8, 4) is 16.5 Å². The fraction of sp³-hybridized carbons (Fsp3) is 0.167. The van der Waals surface area contributed by atoms with Gasteiger partial charge in [0.1, 0.15) is 15.6 Å². The molecular formula is C18H17N3O2S. The highest BCUT2D eigenvalue weighted by Gasteiger charge is 2.17. The van der Waals surface area contributed by atoms with Gasteiger partial charge in [0.25, 0.3) is 5.91 Å². The Morgan fingerprint density at radius 1 is 1.21 bits per heavy atom. The predicted molar refractivity (Wildman–Crippen MR) is 94.2 cm³/mol. The smallest absolute Gasteiger partial charge is 0.263 e. The van der Waals surface area contributed by atoms with Crippen molar-refractivity contribution in [1.29, 1.82) is 0 Å². The number of nitrogens with zero attached hydrogens (tertiary/aromatic N) is 2. The van der Waals surface area contributed by atoms with E-state index in [4.69, 9.17) is 4.74 Å². The molecule has 0 aliphatic carbocycles. The molecule has 1 amide bonds. The summed E-state index contributed by atoms with van der Waals surface area (Å²) in [6.45, 7) is 2.24. The molecule has 0 bridgehead atoms. The van der Waals surface area contributed by atoms with Gasteiger partial charge in [0.05, 0.1) is 18.5 Å². The summed E-state index contributed by atoms with van der Waals surface area (Å²) in [5.41, 5.74) is 2.41. The zero-order valence-electron chi connectivity index (χ0n) is 13.4. The molecular weight excluding hydrogens is 322 g/mol. The minimum atomic E-state index is -0.141. The van der Waals surface area contributed by atoms with E-state index >= 15 is 0 Å². The Morgan fingerprint density at radius 2 is 2.00 bits per heavy atom. The number of nitrogens with one attached hydrogen (secondary N) is 1. The van der Waals surface area contributed by atoms with Crippen LogP contribution in [0.1, 0.15) is 20.9 Å². The fourth-order valence-electron chi connectivity index (χ4n) is 2.31. The van der Waals surface area contributed by atoms with E-state index in [2.05, 4.69) is 15.3 Å². The number of hydrogen-bond donors (Lipinski definition) is 1. The van der Waals surface area contributed by atoms with Crippen LogP contribution in [0.4, 0.5) is 0 Å². The van der Waals surface area contributed by atoms with Crippen LogP contribution < -0.4 is 10.1 Å². The first kappa shape index (κ1) is 16.1. The lowest BCUT2D eigenvalue weighted by atomic mass is 10.2. The van der Waals surface area contributed by atoms with Crippen molar-refractivity contribution in [2.24, 2.45) is 0 Å². The molecule has 1 N–H and O–H groups in total. The maximum Gasteiger partial charge on any atom is 0.263 e. The van der Waals surface area contributed by atoms with Crippen LogP contribution in [0.3, 0.4) is 0 Å². The topological polar surface area (TPSA) is 64.1 Å². The van der Waals surface area contributed by atoms with Gasteiger partial charge in [0.2, 0.25) is 0 Å². The van der Waals surface area contributed by atoms with Gasteiger partial charge in [-0.1, -0.05) is 24.3 Å². The van der Waals surface area contributed by atoms with E-state index in [1.807, 2.05) is 49.4 Å². The van der Waals surface area contributed by atoms with E-state index in [9.17, 15) is 4.79 Å². The van der Waals surface area contributed by atoms with Crippen LogP contribution in [0.25, 0.3) is 10.7 Å². The van der Waals surface area contributed by atoms with Gasteiger partial charge in [-0.05, 0) is 25.1 Å². The van der Waals surface area contributed by atoms with Crippen molar-refractivity contribution in [2.75, 3.05) is 7.11 Å². The lowest BCUT2D eigenvalue weighted by Crippen LogP contribution is -2.22. The summed E-state index contributed by atoms with van der Waals surface area (Å²) in [5, 5.41) is 3.67. The molecule has 3 aromatic rings. The number of aryl methyl sites for hydroxylation is 1. The van der Waals surface area contributed by atoms with Crippen LogP contribution in [0, 0.1) is 6.92 Å². The molecule has 6 heteroatoms. The summed E-state index contributed by atoms with van der Waals surface area (Å²) in [6, 6.07) is 13.3. The maximum atomic E-state index is 12.5. The molecule has 0 atom stereocenters. The third-order valence-electron chi connectivity index (χ3n) is 3.52. The van der Waals surface area contributed by atoms with Gasteiger partial charge >= 0.3 is 0 Å². The van der Waals surface area contributed by atoms with E-state index in [1.54, 1.807) is 13.3 Å². The number of hydrogen-bond acceptors (Lipinski definition) is 5. The number of rotatable bonds is 5. The van der Waals surface area contributed by atoms with Crippen molar-refractivity contribution in [2.45, 2.75) is 13.5 Å². The molecule has 0 saturated heterocycles. The first-order chi connectivity index (χ1) is 11.7. The minimum Gasteiger partial charge on any atom is -0.496 e. The Kier molecular flexibility index (Phi) is 4.86. The summed E-state index contributed by atoms with van der Waals surface area (Å²) in [6.07, 6.45) is 1.72. The SMILES string of the molecule is COc1ccccc1CNC(=O)c1sc(-c2ccccn2)nc1C. The quantitative estimate of drug-likeness (QED) is 0.773. The van der Waals surface area contributed by atoms with Crippen molar-refractivity contribution in [3.05, 3.63) is 64.8 Å². The predicted octanol–water partition coefficient (Wildman–Crippen LogP) is 3.45. The number of aromatic nitrogens is 2. The molecule has 0 aliphatic heterocycles. The Balaban J connectivity index is 1.75. The van der Waals surface area contributed by atoms with Gasteiger partial charge in [-0.15, -0.1) is 11.3 Å². The highest BCUT2D eigenvalue weighted by molar-refractivity contribution is 7.17. The summed E-state index contributed by atoms with van der Waals surface area (Å²) >= 11 is 1.35. The van der Waals surface area contributed by atoms with Crippen LogP contribution >= 0.6 is 11.3 Å². The zero-order chi connectivity index (χ0) is 16.9. The zero-order valence-corrected chi connectivity index (χ0v) is 14.3. The number of benzene rings is 1. The van der Waals surface area contributed by atoms with Gasteiger partial charge in [-0.3, -0.25) is 9.78 Å².